The number of alkyl halides is 1. The van der Waals surface area contributed by atoms with Crippen LogP contribution < -0.4 is 0 Å². The third-order valence-corrected chi connectivity index (χ3v) is 3.13. The number of Topliss-reactive ketones (excluding diaryl/α,β-unsaturated/α-hetero) is 1. The largest absolute Gasteiger partial charge is 0.293 e. The molecule has 15 heavy (non-hydrogen) atoms. The molecule has 1 atom stereocenters. The Labute approximate surface area is 104 Å². The van der Waals surface area contributed by atoms with Gasteiger partial charge >= 0.3 is 0 Å². The van der Waals surface area contributed by atoms with E-state index in [1.54, 1.807) is 24.3 Å². The molecule has 0 aromatic heterocycles. The Morgan fingerprint density at radius 3 is 2.33 bits per heavy atom. The molecule has 0 amide bonds. The van der Waals surface area contributed by atoms with Gasteiger partial charge in [0.15, 0.2) is 5.78 Å². The zero-order chi connectivity index (χ0) is 11.4. The molecule has 0 N–H and O–H groups in total. The van der Waals surface area contributed by atoms with Crippen LogP contribution >= 0.6 is 27.5 Å². The monoisotopic (exact) mass is 288 g/mol. The fourth-order valence-electron chi connectivity index (χ4n) is 1.32. The SMILES string of the molecule is CC(C)CC(Br)C(=O)c1ccc(Cl)cc1. The fourth-order valence-corrected chi connectivity index (χ4v) is 2.45. The molecule has 0 radical (unpaired) electrons. The molecular formula is C12H14BrClO. The lowest BCUT2D eigenvalue weighted by molar-refractivity contribution is 0.0984. The van der Waals surface area contributed by atoms with E-state index in [-0.39, 0.29) is 10.6 Å². The van der Waals surface area contributed by atoms with Gasteiger partial charge in [0.1, 0.15) is 0 Å². The molecule has 0 aliphatic heterocycles. The molecule has 1 unspecified atom stereocenters. The van der Waals surface area contributed by atoms with Crippen LogP contribution in [0.3, 0.4) is 0 Å². The topological polar surface area (TPSA) is 17.1 Å². The summed E-state index contributed by atoms with van der Waals surface area (Å²) in [4.78, 5) is 11.8. The summed E-state index contributed by atoms with van der Waals surface area (Å²) in [5.74, 6) is 0.631. The van der Waals surface area contributed by atoms with Crippen molar-refractivity contribution >= 4 is 33.3 Å². The summed E-state index contributed by atoms with van der Waals surface area (Å²) >= 11 is 9.17. The van der Waals surface area contributed by atoms with Crippen molar-refractivity contribution in [2.24, 2.45) is 5.92 Å². The Balaban J connectivity index is 2.72. The lowest BCUT2D eigenvalue weighted by Gasteiger charge is -2.11. The van der Waals surface area contributed by atoms with Crippen molar-refractivity contribution in [1.82, 2.24) is 0 Å². The number of hydrogen-bond donors (Lipinski definition) is 0. The molecule has 1 aromatic carbocycles. The van der Waals surface area contributed by atoms with E-state index in [1.165, 1.54) is 0 Å². The van der Waals surface area contributed by atoms with Gasteiger partial charge in [0, 0.05) is 10.6 Å². The number of ketones is 1. The van der Waals surface area contributed by atoms with Gasteiger partial charge < -0.3 is 0 Å². The van der Waals surface area contributed by atoms with Crippen molar-refractivity contribution < 1.29 is 4.79 Å². The van der Waals surface area contributed by atoms with Gasteiger partial charge in [-0.3, -0.25) is 4.79 Å². The summed E-state index contributed by atoms with van der Waals surface area (Å²) < 4.78 is 0. The first kappa shape index (κ1) is 12.7. The predicted octanol–water partition coefficient (Wildman–Crippen LogP) is 4.33. The number of rotatable bonds is 4. The van der Waals surface area contributed by atoms with E-state index in [0.29, 0.717) is 16.5 Å². The maximum Gasteiger partial charge on any atom is 0.176 e. The molecule has 0 fully saturated rings. The molecule has 1 aromatic rings. The quantitative estimate of drug-likeness (QED) is 0.595. The van der Waals surface area contributed by atoms with Crippen LogP contribution in [0.1, 0.15) is 30.6 Å². The number of hydrogen-bond acceptors (Lipinski definition) is 1. The Kier molecular flexibility index (Phi) is 4.81. The number of carbonyl (C=O) groups excluding carboxylic acids is 1. The molecular weight excluding hydrogens is 275 g/mol. The summed E-state index contributed by atoms with van der Waals surface area (Å²) in [5, 5.41) is 0.654. The molecule has 0 heterocycles. The van der Waals surface area contributed by atoms with Crippen LogP contribution in [-0.2, 0) is 0 Å². The van der Waals surface area contributed by atoms with E-state index in [9.17, 15) is 4.79 Å². The molecule has 0 aliphatic carbocycles. The second-order valence-corrected chi connectivity index (χ2v) is 5.51. The molecule has 0 bridgehead atoms. The average molecular weight is 290 g/mol. The zero-order valence-corrected chi connectivity index (χ0v) is 11.2. The maximum absolute atomic E-state index is 11.9. The van der Waals surface area contributed by atoms with Gasteiger partial charge in [-0.1, -0.05) is 41.4 Å². The molecule has 0 spiro atoms. The second kappa shape index (κ2) is 5.66. The highest BCUT2D eigenvalue weighted by molar-refractivity contribution is 9.10. The van der Waals surface area contributed by atoms with E-state index in [4.69, 9.17) is 11.6 Å². The van der Waals surface area contributed by atoms with Gasteiger partial charge in [-0.05, 0) is 36.6 Å². The summed E-state index contributed by atoms with van der Waals surface area (Å²) in [6.07, 6.45) is 0.849. The highest BCUT2D eigenvalue weighted by Gasteiger charge is 2.17. The highest BCUT2D eigenvalue weighted by Crippen LogP contribution is 2.19. The number of benzene rings is 1. The van der Waals surface area contributed by atoms with Crippen molar-refractivity contribution in [3.05, 3.63) is 34.9 Å². The summed E-state index contributed by atoms with van der Waals surface area (Å²) in [7, 11) is 0. The Morgan fingerprint density at radius 1 is 1.33 bits per heavy atom. The van der Waals surface area contributed by atoms with E-state index in [1.807, 2.05) is 0 Å². The van der Waals surface area contributed by atoms with Crippen LogP contribution in [0, 0.1) is 5.92 Å². The lowest BCUT2D eigenvalue weighted by Crippen LogP contribution is -2.16. The highest BCUT2D eigenvalue weighted by atomic mass is 79.9. The number of halogens is 2. The van der Waals surface area contributed by atoms with Gasteiger partial charge in [0.05, 0.1) is 4.83 Å². The lowest BCUT2D eigenvalue weighted by atomic mass is 10.0. The first-order valence-corrected chi connectivity index (χ1v) is 6.24. The van der Waals surface area contributed by atoms with Gasteiger partial charge in [-0.2, -0.15) is 0 Å². The predicted molar refractivity (Wildman–Crippen MR) is 68.0 cm³/mol. The van der Waals surface area contributed by atoms with Gasteiger partial charge in [0.2, 0.25) is 0 Å². The normalized spacial score (nSPS) is 12.9. The van der Waals surface area contributed by atoms with Crippen molar-refractivity contribution in [2.75, 3.05) is 0 Å². The minimum absolute atomic E-state index is 0.0984. The van der Waals surface area contributed by atoms with Crippen LogP contribution in [-0.4, -0.2) is 10.6 Å². The first-order chi connectivity index (χ1) is 7.00. The number of carbonyl (C=O) groups is 1. The summed E-state index contributed by atoms with van der Waals surface area (Å²) in [6.45, 7) is 4.20. The summed E-state index contributed by atoms with van der Waals surface area (Å²) in [5.41, 5.74) is 0.710. The Bertz CT molecular complexity index is 332. The van der Waals surface area contributed by atoms with E-state index >= 15 is 0 Å². The van der Waals surface area contributed by atoms with Crippen molar-refractivity contribution in [3.8, 4) is 0 Å². The standard InChI is InChI=1S/C12H14BrClO/c1-8(2)7-11(13)12(15)9-3-5-10(14)6-4-9/h3-6,8,11H,7H2,1-2H3. The first-order valence-electron chi connectivity index (χ1n) is 4.94. The molecule has 3 heteroatoms. The minimum atomic E-state index is -0.0984. The van der Waals surface area contributed by atoms with Crippen molar-refractivity contribution in [3.63, 3.8) is 0 Å². The average Bonchev–Trinajstić information content (AvgIpc) is 2.17. The van der Waals surface area contributed by atoms with Crippen LogP contribution in [0.4, 0.5) is 0 Å². The van der Waals surface area contributed by atoms with E-state index < -0.39 is 0 Å². The molecule has 1 nitrogen and oxygen atoms in total. The van der Waals surface area contributed by atoms with Gasteiger partial charge in [-0.25, -0.2) is 0 Å². The minimum Gasteiger partial charge on any atom is -0.293 e. The molecule has 0 aliphatic rings. The third kappa shape index (κ3) is 3.96. The fraction of sp³-hybridized carbons (Fsp3) is 0.417. The maximum atomic E-state index is 11.9. The van der Waals surface area contributed by atoms with Gasteiger partial charge in [0.25, 0.3) is 0 Å². The molecule has 0 saturated heterocycles. The van der Waals surface area contributed by atoms with Gasteiger partial charge in [-0.15, -0.1) is 0 Å². The van der Waals surface area contributed by atoms with E-state index in [0.717, 1.165) is 6.42 Å². The zero-order valence-electron chi connectivity index (χ0n) is 8.84. The molecule has 82 valence electrons. The van der Waals surface area contributed by atoms with Crippen LogP contribution in [0.2, 0.25) is 5.02 Å². The van der Waals surface area contributed by atoms with Crippen molar-refractivity contribution in [2.45, 2.75) is 25.1 Å². The smallest absolute Gasteiger partial charge is 0.176 e. The van der Waals surface area contributed by atoms with Crippen molar-refractivity contribution in [1.29, 1.82) is 0 Å². The molecule has 1 rings (SSSR count). The van der Waals surface area contributed by atoms with Crippen LogP contribution in [0.15, 0.2) is 24.3 Å². The second-order valence-electron chi connectivity index (χ2n) is 3.97. The Hall–Kier alpha value is -0.340. The van der Waals surface area contributed by atoms with Crippen LogP contribution in [0.25, 0.3) is 0 Å². The van der Waals surface area contributed by atoms with Crippen LogP contribution in [0.5, 0.6) is 0 Å². The third-order valence-electron chi connectivity index (χ3n) is 2.09. The summed E-state index contributed by atoms with van der Waals surface area (Å²) in [6, 6.07) is 7.01. The Morgan fingerprint density at radius 2 is 1.87 bits per heavy atom. The van der Waals surface area contributed by atoms with E-state index in [2.05, 4.69) is 29.8 Å². The molecule has 0 saturated carbocycles.